The zero-order chi connectivity index (χ0) is 10.4. The van der Waals surface area contributed by atoms with Crippen LogP contribution in [0.15, 0.2) is 24.3 Å². The molecule has 14 heavy (non-hydrogen) atoms. The van der Waals surface area contributed by atoms with E-state index in [0.29, 0.717) is 0 Å². The first-order valence-corrected chi connectivity index (χ1v) is 7.67. The van der Waals surface area contributed by atoms with Gasteiger partial charge in [0.25, 0.3) is 0 Å². The first-order valence-electron chi connectivity index (χ1n) is 4.62. The molecular formula is C12H15IN-. The molecule has 0 radical (unpaired) electrons. The molecule has 1 atom stereocenters. The summed E-state index contributed by atoms with van der Waals surface area (Å²) >= 11 is 0.278. The van der Waals surface area contributed by atoms with E-state index in [1.807, 2.05) is 12.1 Å². The predicted molar refractivity (Wildman–Crippen MR) is 56.4 cm³/mol. The topological polar surface area (TPSA) is 26.0 Å². The average Bonchev–Trinajstić information content (AvgIpc) is 2.25. The van der Waals surface area contributed by atoms with Gasteiger partial charge < -0.3 is 0 Å². The van der Waals surface area contributed by atoms with Crippen molar-refractivity contribution in [2.24, 2.45) is 5.73 Å². The van der Waals surface area contributed by atoms with Crippen LogP contribution in [0.1, 0.15) is 24.1 Å². The first kappa shape index (κ1) is 11.5. The normalized spacial score (nSPS) is 12.4. The summed E-state index contributed by atoms with van der Waals surface area (Å²) in [4.78, 5) is 0. The minimum absolute atomic E-state index is 0.243. The Hall–Kier alpha value is -0.530. The summed E-state index contributed by atoms with van der Waals surface area (Å²) in [5.41, 5.74) is 8.31. The van der Waals surface area contributed by atoms with Gasteiger partial charge in [0.05, 0.1) is 0 Å². The third-order valence-electron chi connectivity index (χ3n) is 2.00. The van der Waals surface area contributed by atoms with Crippen molar-refractivity contribution in [3.05, 3.63) is 35.4 Å². The number of terminal acetylenes is 1. The van der Waals surface area contributed by atoms with E-state index in [0.717, 1.165) is 5.56 Å². The summed E-state index contributed by atoms with van der Waals surface area (Å²) in [7, 11) is 0. The standard InChI is InChI=1S/C12H15IN/c1-3-12(14)11-8-6-5-7-10(11)9-13-4-2/h1,5-8,12H,4,9,14H2,2H3/q-1. The van der Waals surface area contributed by atoms with Gasteiger partial charge in [0.15, 0.2) is 0 Å². The van der Waals surface area contributed by atoms with E-state index in [9.17, 15) is 0 Å². The number of hydrogen-bond acceptors (Lipinski definition) is 1. The molecule has 76 valence electrons. The fourth-order valence-electron chi connectivity index (χ4n) is 1.25. The van der Waals surface area contributed by atoms with Crippen LogP contribution in [-0.4, -0.2) is 4.43 Å². The minimum atomic E-state index is -0.243. The molecule has 1 aromatic rings. The number of halogens is 1. The zero-order valence-corrected chi connectivity index (χ0v) is 10.5. The Kier molecular flexibility index (Phi) is 4.99. The maximum atomic E-state index is 5.84. The molecule has 0 aliphatic carbocycles. The van der Waals surface area contributed by atoms with Gasteiger partial charge in [0, 0.05) is 0 Å². The van der Waals surface area contributed by atoms with Gasteiger partial charge in [0.2, 0.25) is 0 Å². The summed E-state index contributed by atoms with van der Waals surface area (Å²) in [6.45, 7) is 2.23. The molecule has 0 heterocycles. The Labute approximate surface area is 96.3 Å². The molecule has 0 amide bonds. The van der Waals surface area contributed by atoms with Crippen LogP contribution in [0, 0.1) is 12.3 Å². The third kappa shape index (κ3) is 3.00. The van der Waals surface area contributed by atoms with Crippen LogP contribution >= 0.6 is 0 Å². The molecule has 0 saturated carbocycles. The van der Waals surface area contributed by atoms with E-state index >= 15 is 0 Å². The van der Waals surface area contributed by atoms with Crippen molar-refractivity contribution in [1.82, 2.24) is 0 Å². The molecular weight excluding hydrogens is 285 g/mol. The van der Waals surface area contributed by atoms with Gasteiger partial charge in [-0.05, 0) is 0 Å². The molecule has 0 saturated heterocycles. The molecule has 0 aliphatic rings. The number of nitrogens with two attached hydrogens (primary N) is 1. The Morgan fingerprint density at radius 1 is 1.50 bits per heavy atom. The van der Waals surface area contributed by atoms with E-state index in [4.69, 9.17) is 12.2 Å². The fraction of sp³-hybridized carbons (Fsp3) is 0.333. The van der Waals surface area contributed by atoms with E-state index in [-0.39, 0.29) is 27.2 Å². The Balaban J connectivity index is 2.86. The zero-order valence-electron chi connectivity index (χ0n) is 8.33. The van der Waals surface area contributed by atoms with Gasteiger partial charge in [-0.25, -0.2) is 0 Å². The van der Waals surface area contributed by atoms with Gasteiger partial charge in [-0.15, -0.1) is 0 Å². The molecule has 1 nitrogen and oxygen atoms in total. The second-order valence-electron chi connectivity index (χ2n) is 2.93. The maximum absolute atomic E-state index is 5.84. The van der Waals surface area contributed by atoms with Crippen LogP contribution < -0.4 is 26.9 Å². The van der Waals surface area contributed by atoms with Gasteiger partial charge in [-0.3, -0.25) is 0 Å². The second kappa shape index (κ2) is 6.05. The van der Waals surface area contributed by atoms with Crippen molar-refractivity contribution in [2.75, 3.05) is 4.43 Å². The van der Waals surface area contributed by atoms with Crippen molar-refractivity contribution >= 4 is 0 Å². The van der Waals surface area contributed by atoms with Gasteiger partial charge in [0.1, 0.15) is 0 Å². The van der Waals surface area contributed by atoms with Crippen molar-refractivity contribution in [1.29, 1.82) is 0 Å². The predicted octanol–water partition coefficient (Wildman–Crippen LogP) is -1.07. The molecule has 1 aromatic carbocycles. The van der Waals surface area contributed by atoms with Crippen molar-refractivity contribution < 1.29 is 21.2 Å². The SMILES string of the molecule is C#CC(N)c1ccccc1C[I-]CC. The molecule has 1 unspecified atom stereocenters. The van der Waals surface area contributed by atoms with E-state index in [1.54, 1.807) is 0 Å². The summed E-state index contributed by atoms with van der Waals surface area (Å²) in [5.74, 6) is 2.59. The number of rotatable bonds is 4. The monoisotopic (exact) mass is 300 g/mol. The summed E-state index contributed by atoms with van der Waals surface area (Å²) in [6.07, 6.45) is 5.34. The van der Waals surface area contributed by atoms with Crippen LogP contribution in [0.4, 0.5) is 0 Å². The van der Waals surface area contributed by atoms with Crippen LogP contribution in [0.2, 0.25) is 0 Å². The molecule has 1 rings (SSSR count). The van der Waals surface area contributed by atoms with Crippen molar-refractivity contribution in [2.45, 2.75) is 17.4 Å². The second-order valence-corrected chi connectivity index (χ2v) is 6.30. The van der Waals surface area contributed by atoms with Gasteiger partial charge in [-0.1, -0.05) is 0 Å². The Morgan fingerprint density at radius 2 is 2.21 bits per heavy atom. The number of benzene rings is 1. The molecule has 0 aliphatic heterocycles. The first-order chi connectivity index (χ1) is 6.79. The Bertz CT molecular complexity index is 327. The quantitative estimate of drug-likeness (QED) is 0.428. The summed E-state index contributed by atoms with van der Waals surface area (Å²) in [5, 5.41) is 0. The van der Waals surface area contributed by atoms with Crippen LogP contribution in [0.3, 0.4) is 0 Å². The number of alkyl halides is 2. The third-order valence-corrected chi connectivity index (χ3v) is 4.44. The molecule has 2 N–H and O–H groups in total. The number of hydrogen-bond donors (Lipinski definition) is 1. The molecule has 0 fully saturated rings. The summed E-state index contributed by atoms with van der Waals surface area (Å²) in [6, 6.07) is 8.00. The average molecular weight is 300 g/mol. The molecule has 2 heteroatoms. The molecule has 0 spiro atoms. The molecule has 0 aromatic heterocycles. The Morgan fingerprint density at radius 3 is 2.86 bits per heavy atom. The van der Waals surface area contributed by atoms with Gasteiger partial charge >= 0.3 is 96.5 Å². The van der Waals surface area contributed by atoms with Crippen molar-refractivity contribution in [3.63, 3.8) is 0 Å². The van der Waals surface area contributed by atoms with E-state index < -0.39 is 0 Å². The fourth-order valence-corrected chi connectivity index (χ4v) is 3.06. The van der Waals surface area contributed by atoms with Gasteiger partial charge in [-0.2, -0.15) is 0 Å². The van der Waals surface area contributed by atoms with Crippen LogP contribution in [-0.2, 0) is 4.43 Å². The van der Waals surface area contributed by atoms with E-state index in [1.165, 1.54) is 14.4 Å². The molecule has 0 bridgehead atoms. The van der Waals surface area contributed by atoms with Crippen LogP contribution in [0.5, 0.6) is 0 Å². The van der Waals surface area contributed by atoms with E-state index in [2.05, 4.69) is 25.0 Å². The van der Waals surface area contributed by atoms with Crippen molar-refractivity contribution in [3.8, 4) is 12.3 Å². The van der Waals surface area contributed by atoms with Crippen LogP contribution in [0.25, 0.3) is 0 Å². The summed E-state index contributed by atoms with van der Waals surface area (Å²) < 4.78 is 2.49.